The van der Waals surface area contributed by atoms with Crippen molar-refractivity contribution in [3.63, 3.8) is 0 Å². The lowest BCUT2D eigenvalue weighted by molar-refractivity contribution is -0.150. The summed E-state index contributed by atoms with van der Waals surface area (Å²) in [7, 11) is 0. The number of hydrogen-bond acceptors (Lipinski definition) is 6. The number of para-hydroxylation sites is 2. The summed E-state index contributed by atoms with van der Waals surface area (Å²) < 4.78 is 23.1. The Morgan fingerprint density at radius 2 is 2.00 bits per heavy atom. The van der Waals surface area contributed by atoms with E-state index in [9.17, 15) is 19.6 Å². The number of nitrogens with zero attached hydrogens (tertiary/aromatic N) is 2. The van der Waals surface area contributed by atoms with Crippen molar-refractivity contribution >= 4 is 22.6 Å². The van der Waals surface area contributed by atoms with Gasteiger partial charge in [0.2, 0.25) is 0 Å². The lowest BCUT2D eigenvalue weighted by atomic mass is 10.2. The van der Waals surface area contributed by atoms with Crippen LogP contribution in [0.25, 0.3) is 16.6 Å². The fourth-order valence-electron chi connectivity index (χ4n) is 2.47. The van der Waals surface area contributed by atoms with Crippen LogP contribution >= 0.6 is 0 Å². The molecular formula is C20H16FN3O4. The van der Waals surface area contributed by atoms with E-state index in [1.165, 1.54) is 31.2 Å². The molecule has 0 saturated heterocycles. The number of nitriles is 1. The number of carbonyl (C=O) groups excluding carboxylic acids is 1. The Labute approximate surface area is 159 Å². The largest absolute Gasteiger partial charge is 0.507 e. The highest BCUT2D eigenvalue weighted by Gasteiger charge is 2.21. The van der Waals surface area contributed by atoms with E-state index >= 15 is 0 Å². The summed E-state index contributed by atoms with van der Waals surface area (Å²) in [6.45, 7) is 0.987. The van der Waals surface area contributed by atoms with Crippen molar-refractivity contribution in [3.05, 3.63) is 65.9 Å². The van der Waals surface area contributed by atoms with Gasteiger partial charge < -0.3 is 19.6 Å². The van der Waals surface area contributed by atoms with Crippen LogP contribution in [0.2, 0.25) is 0 Å². The third-order valence-electron chi connectivity index (χ3n) is 3.86. The molecular weight excluding hydrogens is 365 g/mol. The number of aliphatic hydroxyl groups is 1. The predicted octanol–water partition coefficient (Wildman–Crippen LogP) is 3.51. The Hall–Kier alpha value is -3.86. The number of imidazole rings is 1. The number of H-pyrrole nitrogens is 1. The Morgan fingerprint density at radius 1 is 1.29 bits per heavy atom. The molecule has 7 nitrogen and oxygen atoms in total. The SMILES string of the molecule is C[C@H](OC(=O)COc1ccc(F)cc1)/C(O)=C(\C#N)c1nc2ccccc2[nH]1. The topological polar surface area (TPSA) is 108 Å². The first-order valence-corrected chi connectivity index (χ1v) is 8.34. The molecule has 142 valence electrons. The van der Waals surface area contributed by atoms with Gasteiger partial charge in [-0.1, -0.05) is 12.1 Å². The fraction of sp³-hybridized carbons (Fsp3) is 0.150. The number of halogens is 1. The minimum atomic E-state index is -1.09. The molecule has 1 aromatic heterocycles. The highest BCUT2D eigenvalue weighted by atomic mass is 19.1. The van der Waals surface area contributed by atoms with Crippen LogP contribution in [0.15, 0.2) is 54.3 Å². The van der Waals surface area contributed by atoms with E-state index in [1.54, 1.807) is 18.2 Å². The molecule has 8 heteroatoms. The second-order valence-electron chi connectivity index (χ2n) is 5.85. The van der Waals surface area contributed by atoms with Gasteiger partial charge in [0.1, 0.15) is 23.2 Å². The summed E-state index contributed by atoms with van der Waals surface area (Å²) in [6, 6.07) is 14.2. The summed E-state index contributed by atoms with van der Waals surface area (Å²) >= 11 is 0. The molecule has 0 radical (unpaired) electrons. The number of rotatable bonds is 6. The van der Waals surface area contributed by atoms with Crippen LogP contribution in [-0.4, -0.2) is 33.8 Å². The molecule has 3 aromatic rings. The van der Waals surface area contributed by atoms with Gasteiger partial charge in [-0.25, -0.2) is 14.2 Å². The van der Waals surface area contributed by atoms with Crippen LogP contribution in [0.4, 0.5) is 4.39 Å². The van der Waals surface area contributed by atoms with Crippen molar-refractivity contribution in [2.45, 2.75) is 13.0 Å². The Bertz CT molecular complexity index is 1030. The Morgan fingerprint density at radius 3 is 2.68 bits per heavy atom. The van der Waals surface area contributed by atoms with Crippen molar-refractivity contribution in [2.24, 2.45) is 0 Å². The number of fused-ring (bicyclic) bond motifs is 1. The first-order valence-electron chi connectivity index (χ1n) is 8.34. The lowest BCUT2D eigenvalue weighted by Crippen LogP contribution is -2.23. The molecule has 28 heavy (non-hydrogen) atoms. The number of nitrogens with one attached hydrogen (secondary N) is 1. The zero-order chi connectivity index (χ0) is 20.1. The van der Waals surface area contributed by atoms with Gasteiger partial charge in [-0.15, -0.1) is 0 Å². The second-order valence-corrected chi connectivity index (χ2v) is 5.85. The standard InChI is InChI=1S/C20H16FN3O4/c1-12(28-18(25)11-27-14-8-6-13(21)7-9-14)19(26)15(10-22)20-23-16-4-2-3-5-17(16)24-20/h2-9,12,26H,11H2,1H3,(H,23,24)/b19-15-/t12-/m0/s1. The van der Waals surface area contributed by atoms with E-state index in [-0.39, 0.29) is 11.4 Å². The number of hydrogen-bond donors (Lipinski definition) is 2. The zero-order valence-corrected chi connectivity index (χ0v) is 14.8. The molecule has 0 aliphatic heterocycles. The zero-order valence-electron chi connectivity index (χ0n) is 14.8. The maximum atomic E-state index is 12.8. The average molecular weight is 381 g/mol. The van der Waals surface area contributed by atoms with E-state index in [0.29, 0.717) is 16.8 Å². The highest BCUT2D eigenvalue weighted by molar-refractivity contribution is 5.83. The van der Waals surface area contributed by atoms with E-state index in [2.05, 4.69) is 9.97 Å². The Kier molecular flexibility index (Phi) is 5.56. The van der Waals surface area contributed by atoms with Crippen molar-refractivity contribution < 1.29 is 23.8 Å². The number of aromatic amines is 1. The van der Waals surface area contributed by atoms with Gasteiger partial charge in [-0.3, -0.25) is 0 Å². The van der Waals surface area contributed by atoms with Gasteiger partial charge in [0.25, 0.3) is 0 Å². The molecule has 0 saturated carbocycles. The monoisotopic (exact) mass is 381 g/mol. The number of esters is 1. The Balaban J connectivity index is 1.68. The maximum Gasteiger partial charge on any atom is 0.344 e. The second kappa shape index (κ2) is 8.22. The van der Waals surface area contributed by atoms with Gasteiger partial charge in [0.15, 0.2) is 24.3 Å². The van der Waals surface area contributed by atoms with Crippen LogP contribution in [0.5, 0.6) is 5.75 Å². The summed E-state index contributed by atoms with van der Waals surface area (Å²) in [5, 5.41) is 19.8. The first kappa shape index (κ1) is 18.9. The van der Waals surface area contributed by atoms with Gasteiger partial charge in [-0.2, -0.15) is 5.26 Å². The molecule has 0 bridgehead atoms. The van der Waals surface area contributed by atoms with Gasteiger partial charge >= 0.3 is 5.97 Å². The number of benzene rings is 2. The number of aromatic nitrogens is 2. The van der Waals surface area contributed by atoms with Crippen molar-refractivity contribution in [3.8, 4) is 11.8 Å². The molecule has 0 amide bonds. The van der Waals surface area contributed by atoms with Crippen LogP contribution in [0, 0.1) is 17.1 Å². The normalized spacial score (nSPS) is 12.8. The number of allylic oxidation sites excluding steroid dienone is 1. The summed E-state index contributed by atoms with van der Waals surface area (Å²) in [4.78, 5) is 19.1. The average Bonchev–Trinajstić information content (AvgIpc) is 3.11. The number of aliphatic hydroxyl groups excluding tert-OH is 1. The van der Waals surface area contributed by atoms with Crippen LogP contribution in [-0.2, 0) is 9.53 Å². The smallest absolute Gasteiger partial charge is 0.344 e. The summed E-state index contributed by atoms with van der Waals surface area (Å²) in [5.74, 6) is -1.15. The highest BCUT2D eigenvalue weighted by Crippen LogP contribution is 2.21. The third kappa shape index (κ3) is 4.27. The maximum absolute atomic E-state index is 12.8. The molecule has 0 spiro atoms. The van der Waals surface area contributed by atoms with Gasteiger partial charge in [-0.05, 0) is 43.3 Å². The molecule has 3 rings (SSSR count). The van der Waals surface area contributed by atoms with E-state index in [0.717, 1.165) is 0 Å². The molecule has 2 aromatic carbocycles. The number of ether oxygens (including phenoxy) is 2. The fourth-order valence-corrected chi connectivity index (χ4v) is 2.47. The number of carbonyl (C=O) groups is 1. The van der Waals surface area contributed by atoms with Crippen molar-refractivity contribution in [2.75, 3.05) is 6.61 Å². The predicted molar refractivity (Wildman–Crippen MR) is 98.7 cm³/mol. The lowest BCUT2D eigenvalue weighted by Gasteiger charge is -2.14. The molecule has 0 aliphatic carbocycles. The van der Waals surface area contributed by atoms with Crippen molar-refractivity contribution in [1.82, 2.24) is 9.97 Å². The van der Waals surface area contributed by atoms with Gasteiger partial charge in [0.05, 0.1) is 11.0 Å². The van der Waals surface area contributed by atoms with Crippen LogP contribution in [0.3, 0.4) is 0 Å². The van der Waals surface area contributed by atoms with E-state index in [4.69, 9.17) is 9.47 Å². The van der Waals surface area contributed by atoms with E-state index in [1.807, 2.05) is 12.1 Å². The third-order valence-corrected chi connectivity index (χ3v) is 3.86. The summed E-state index contributed by atoms with van der Waals surface area (Å²) in [5.41, 5.74) is 1.21. The van der Waals surface area contributed by atoms with Gasteiger partial charge in [0, 0.05) is 0 Å². The van der Waals surface area contributed by atoms with Crippen LogP contribution in [0.1, 0.15) is 12.7 Å². The molecule has 2 N–H and O–H groups in total. The van der Waals surface area contributed by atoms with Crippen molar-refractivity contribution in [1.29, 1.82) is 5.26 Å². The minimum Gasteiger partial charge on any atom is -0.507 e. The molecule has 1 atom stereocenters. The minimum absolute atomic E-state index is 0.129. The first-order chi connectivity index (χ1) is 13.5. The summed E-state index contributed by atoms with van der Waals surface area (Å²) in [6.07, 6.45) is -1.09. The van der Waals surface area contributed by atoms with E-state index < -0.39 is 30.3 Å². The molecule has 0 fully saturated rings. The molecule has 0 aliphatic rings. The quantitative estimate of drug-likeness (QED) is 0.384. The van der Waals surface area contributed by atoms with Crippen LogP contribution < -0.4 is 4.74 Å². The molecule has 1 heterocycles. The molecule has 0 unspecified atom stereocenters.